The Balaban J connectivity index is 2.47. The van der Waals surface area contributed by atoms with Crippen molar-refractivity contribution in [3.8, 4) is 0 Å². The van der Waals surface area contributed by atoms with Crippen molar-refractivity contribution in [3.05, 3.63) is 57.9 Å². The van der Waals surface area contributed by atoms with E-state index in [-0.39, 0.29) is 12.4 Å². The lowest BCUT2D eigenvalue weighted by molar-refractivity contribution is 0.0577. The molecule has 0 N–H and O–H groups in total. The number of anilines is 1. The predicted octanol–water partition coefficient (Wildman–Crippen LogP) is 6.65. The van der Waals surface area contributed by atoms with Crippen molar-refractivity contribution in [1.82, 2.24) is 4.90 Å². The van der Waals surface area contributed by atoms with Crippen LogP contribution in [0.3, 0.4) is 0 Å². The van der Waals surface area contributed by atoms with E-state index in [0.717, 1.165) is 12.1 Å². The molecule has 0 aliphatic carbocycles. The quantitative estimate of drug-likeness (QED) is 0.368. The van der Waals surface area contributed by atoms with E-state index in [1.165, 1.54) is 11.0 Å². The zero-order chi connectivity index (χ0) is 23.3. The van der Waals surface area contributed by atoms with E-state index < -0.39 is 11.7 Å². The summed E-state index contributed by atoms with van der Waals surface area (Å²) in [6.07, 6.45) is 1.18. The number of nitrogens with zero attached hydrogens (tertiary/aromatic N) is 3. The smallest absolute Gasteiger partial charge is 0.415 e. The molecule has 1 amide bonds. The second kappa shape index (κ2) is 10.1. The maximum absolute atomic E-state index is 14.1. The zero-order valence-electron chi connectivity index (χ0n) is 19.3. The van der Waals surface area contributed by atoms with Gasteiger partial charge in [0.25, 0.3) is 0 Å². The first kappa shape index (κ1) is 24.7. The standard InChI is InChI=1S/C24H31ClFN3O2/c1-8-28(7)15-27-21-11-17(3)22(13-19(21)25)29(23(30)31-24(4,5)6)14-18-10-9-16(2)20(26)12-18/h9-13,15H,8,14H2,1-7H3. The third-order valence-electron chi connectivity index (χ3n) is 4.64. The Bertz CT molecular complexity index is 970. The molecule has 0 aromatic heterocycles. The van der Waals surface area contributed by atoms with Crippen LogP contribution in [-0.2, 0) is 11.3 Å². The zero-order valence-corrected chi connectivity index (χ0v) is 20.0. The minimum Gasteiger partial charge on any atom is -0.443 e. The topological polar surface area (TPSA) is 45.1 Å². The minimum absolute atomic E-state index is 0.143. The highest BCUT2D eigenvalue weighted by molar-refractivity contribution is 6.33. The molecule has 0 aliphatic heterocycles. The van der Waals surface area contributed by atoms with Crippen LogP contribution in [0.15, 0.2) is 35.3 Å². The summed E-state index contributed by atoms with van der Waals surface area (Å²) in [6, 6.07) is 8.45. The van der Waals surface area contributed by atoms with Crippen LogP contribution in [0.5, 0.6) is 0 Å². The number of aryl methyl sites for hydroxylation is 2. The van der Waals surface area contributed by atoms with Gasteiger partial charge in [0.2, 0.25) is 0 Å². The molecule has 2 aromatic carbocycles. The summed E-state index contributed by atoms with van der Waals surface area (Å²) in [7, 11) is 1.92. The Morgan fingerprint density at radius 1 is 1.19 bits per heavy atom. The third kappa shape index (κ3) is 6.96. The monoisotopic (exact) mass is 447 g/mol. The first-order valence-corrected chi connectivity index (χ1v) is 10.6. The van der Waals surface area contributed by atoms with E-state index in [2.05, 4.69) is 4.99 Å². The molecule has 0 bridgehead atoms. The van der Waals surface area contributed by atoms with Gasteiger partial charge >= 0.3 is 6.09 Å². The summed E-state index contributed by atoms with van der Waals surface area (Å²) in [4.78, 5) is 20.9. The third-order valence-corrected chi connectivity index (χ3v) is 4.94. The predicted molar refractivity (Wildman–Crippen MR) is 126 cm³/mol. The number of amides is 1. The summed E-state index contributed by atoms with van der Waals surface area (Å²) in [6.45, 7) is 12.0. The molecule has 0 spiro atoms. The Morgan fingerprint density at radius 2 is 1.87 bits per heavy atom. The van der Waals surface area contributed by atoms with Crippen LogP contribution >= 0.6 is 11.6 Å². The number of hydrogen-bond acceptors (Lipinski definition) is 3. The highest BCUT2D eigenvalue weighted by atomic mass is 35.5. The number of carbonyl (C=O) groups is 1. The Hall–Kier alpha value is -2.60. The SMILES string of the molecule is CCN(C)C=Nc1cc(C)c(N(Cc2ccc(C)c(F)c2)C(=O)OC(C)(C)C)cc1Cl. The minimum atomic E-state index is -0.680. The second-order valence-corrected chi connectivity index (χ2v) is 8.97. The number of rotatable bonds is 6. The molecule has 31 heavy (non-hydrogen) atoms. The molecule has 2 aromatic rings. The Kier molecular flexibility index (Phi) is 8.07. The molecule has 0 aliphatic rings. The molecule has 5 nitrogen and oxygen atoms in total. The van der Waals surface area contributed by atoms with E-state index in [4.69, 9.17) is 16.3 Å². The van der Waals surface area contributed by atoms with Gasteiger partial charge in [0, 0.05) is 13.6 Å². The van der Waals surface area contributed by atoms with Gasteiger partial charge in [-0.2, -0.15) is 0 Å². The molecule has 0 fully saturated rings. The van der Waals surface area contributed by atoms with Crippen LogP contribution in [-0.4, -0.2) is 36.5 Å². The van der Waals surface area contributed by atoms with Gasteiger partial charge < -0.3 is 9.64 Å². The highest BCUT2D eigenvalue weighted by Gasteiger charge is 2.25. The van der Waals surface area contributed by atoms with Crippen LogP contribution in [0, 0.1) is 19.7 Å². The maximum atomic E-state index is 14.1. The molecular weight excluding hydrogens is 417 g/mol. The summed E-state index contributed by atoms with van der Waals surface area (Å²) in [5, 5.41) is 0.407. The van der Waals surface area contributed by atoms with E-state index >= 15 is 0 Å². The van der Waals surface area contributed by atoms with Crippen molar-refractivity contribution >= 4 is 35.4 Å². The van der Waals surface area contributed by atoms with Crippen LogP contribution in [0.1, 0.15) is 44.4 Å². The normalized spacial score (nSPS) is 11.6. The van der Waals surface area contributed by atoms with Crippen molar-refractivity contribution in [2.24, 2.45) is 4.99 Å². The Morgan fingerprint density at radius 3 is 2.45 bits per heavy atom. The molecule has 0 heterocycles. The molecule has 168 valence electrons. The number of halogens is 2. The van der Waals surface area contributed by atoms with Crippen LogP contribution in [0.25, 0.3) is 0 Å². The van der Waals surface area contributed by atoms with Gasteiger partial charge in [-0.1, -0.05) is 23.7 Å². The van der Waals surface area contributed by atoms with Gasteiger partial charge in [0.15, 0.2) is 0 Å². The molecule has 0 saturated heterocycles. The van der Waals surface area contributed by atoms with Crippen molar-refractivity contribution < 1.29 is 13.9 Å². The molecule has 0 radical (unpaired) electrons. The Labute approximate surface area is 189 Å². The number of ether oxygens (including phenoxy) is 1. The van der Waals surface area contributed by atoms with E-state index in [1.807, 2.05) is 31.9 Å². The fourth-order valence-electron chi connectivity index (χ4n) is 2.77. The molecular formula is C24H31ClFN3O2. The number of benzene rings is 2. The summed E-state index contributed by atoms with van der Waals surface area (Å²) < 4.78 is 19.7. The summed E-state index contributed by atoms with van der Waals surface area (Å²) in [5.74, 6) is -0.318. The van der Waals surface area contributed by atoms with E-state index in [0.29, 0.717) is 27.5 Å². The fourth-order valence-corrected chi connectivity index (χ4v) is 2.98. The van der Waals surface area contributed by atoms with Gasteiger partial charge in [0.1, 0.15) is 11.4 Å². The first-order chi connectivity index (χ1) is 14.4. The molecule has 2 rings (SSSR count). The van der Waals surface area contributed by atoms with Gasteiger partial charge in [-0.15, -0.1) is 0 Å². The lowest BCUT2D eigenvalue weighted by atomic mass is 10.1. The fraction of sp³-hybridized carbons (Fsp3) is 0.417. The lowest BCUT2D eigenvalue weighted by Gasteiger charge is -2.29. The maximum Gasteiger partial charge on any atom is 0.415 e. The van der Waals surface area contributed by atoms with Crippen molar-refractivity contribution in [3.63, 3.8) is 0 Å². The van der Waals surface area contributed by atoms with Crippen molar-refractivity contribution in [2.75, 3.05) is 18.5 Å². The number of aliphatic imine (C=N–C) groups is 1. The molecule has 0 unspecified atom stereocenters. The van der Waals surface area contributed by atoms with E-state index in [1.54, 1.807) is 52.2 Å². The number of hydrogen-bond donors (Lipinski definition) is 0. The lowest BCUT2D eigenvalue weighted by Crippen LogP contribution is -2.37. The second-order valence-electron chi connectivity index (χ2n) is 8.56. The van der Waals surface area contributed by atoms with Crippen LogP contribution in [0.2, 0.25) is 5.02 Å². The van der Waals surface area contributed by atoms with Crippen molar-refractivity contribution in [1.29, 1.82) is 0 Å². The molecule has 0 atom stereocenters. The largest absolute Gasteiger partial charge is 0.443 e. The van der Waals surface area contributed by atoms with Gasteiger partial charge in [-0.3, -0.25) is 4.90 Å². The van der Waals surface area contributed by atoms with Crippen molar-refractivity contribution in [2.45, 2.75) is 53.7 Å². The first-order valence-electron chi connectivity index (χ1n) is 10.2. The average Bonchev–Trinajstić information content (AvgIpc) is 2.67. The van der Waals surface area contributed by atoms with Gasteiger partial charge in [0.05, 0.1) is 29.3 Å². The summed E-state index contributed by atoms with van der Waals surface area (Å²) >= 11 is 6.49. The molecule has 7 heteroatoms. The average molecular weight is 448 g/mol. The van der Waals surface area contributed by atoms with Gasteiger partial charge in [-0.05, 0) is 76.4 Å². The molecule has 0 saturated carbocycles. The van der Waals surface area contributed by atoms with Crippen LogP contribution < -0.4 is 4.90 Å². The van der Waals surface area contributed by atoms with Crippen LogP contribution in [0.4, 0.5) is 20.6 Å². The number of carbonyl (C=O) groups excluding carboxylic acids is 1. The van der Waals surface area contributed by atoms with Gasteiger partial charge in [-0.25, -0.2) is 14.2 Å². The summed E-state index contributed by atoms with van der Waals surface area (Å²) in [5.41, 5.74) is 2.51. The highest BCUT2D eigenvalue weighted by Crippen LogP contribution is 2.34. The van der Waals surface area contributed by atoms with E-state index in [9.17, 15) is 9.18 Å².